The van der Waals surface area contributed by atoms with E-state index in [2.05, 4.69) is 20.5 Å². The standard InChI is InChI=1S/C21H32N4O2/c26-20(23-11-5-9-17-8-4-10-22-15-17)14-19-21(27)24-12-13-25(19)16-18-6-2-1-3-7-18/h4,8,10,15,18-19H,1-3,5-7,9,11-14,16H2,(H,23,26)(H,24,27). The number of amides is 2. The minimum absolute atomic E-state index is 0.00238. The molecule has 0 spiro atoms. The third-order valence-electron chi connectivity index (χ3n) is 5.73. The van der Waals surface area contributed by atoms with Gasteiger partial charge < -0.3 is 10.6 Å². The second kappa shape index (κ2) is 10.4. The highest BCUT2D eigenvalue weighted by Gasteiger charge is 2.32. The van der Waals surface area contributed by atoms with Crippen molar-refractivity contribution in [2.45, 2.75) is 57.4 Å². The molecule has 0 radical (unpaired) electrons. The van der Waals surface area contributed by atoms with E-state index in [4.69, 9.17) is 0 Å². The number of hydrogen-bond acceptors (Lipinski definition) is 4. The van der Waals surface area contributed by atoms with Crippen LogP contribution in [0.15, 0.2) is 24.5 Å². The van der Waals surface area contributed by atoms with Crippen LogP contribution in [-0.2, 0) is 16.0 Å². The van der Waals surface area contributed by atoms with Crippen LogP contribution in [0.2, 0.25) is 0 Å². The summed E-state index contributed by atoms with van der Waals surface area (Å²) in [6.07, 6.45) is 12.1. The molecule has 6 heteroatoms. The fraction of sp³-hybridized carbons (Fsp3) is 0.667. The van der Waals surface area contributed by atoms with Gasteiger partial charge in [-0.1, -0.05) is 25.3 Å². The van der Waals surface area contributed by atoms with Gasteiger partial charge in [-0.05, 0) is 43.2 Å². The van der Waals surface area contributed by atoms with Crippen molar-refractivity contribution in [2.24, 2.45) is 5.92 Å². The summed E-state index contributed by atoms with van der Waals surface area (Å²) in [5.74, 6) is 0.647. The Kier molecular flexibility index (Phi) is 7.63. The van der Waals surface area contributed by atoms with Crippen molar-refractivity contribution >= 4 is 11.8 Å². The van der Waals surface area contributed by atoms with E-state index in [9.17, 15) is 9.59 Å². The van der Waals surface area contributed by atoms with E-state index < -0.39 is 0 Å². The topological polar surface area (TPSA) is 74.3 Å². The number of aromatic nitrogens is 1. The zero-order valence-electron chi connectivity index (χ0n) is 16.2. The van der Waals surface area contributed by atoms with E-state index in [-0.39, 0.29) is 24.3 Å². The van der Waals surface area contributed by atoms with Gasteiger partial charge in [0.05, 0.1) is 12.5 Å². The summed E-state index contributed by atoms with van der Waals surface area (Å²) in [4.78, 5) is 31.1. The van der Waals surface area contributed by atoms with Crippen LogP contribution in [0.5, 0.6) is 0 Å². The molecule has 0 aromatic carbocycles. The monoisotopic (exact) mass is 372 g/mol. The van der Waals surface area contributed by atoms with Crippen LogP contribution in [0.25, 0.3) is 0 Å². The lowest BCUT2D eigenvalue weighted by molar-refractivity contribution is -0.134. The van der Waals surface area contributed by atoms with Crippen molar-refractivity contribution in [3.63, 3.8) is 0 Å². The van der Waals surface area contributed by atoms with Crippen molar-refractivity contribution in [2.75, 3.05) is 26.2 Å². The first kappa shape index (κ1) is 19.8. The van der Waals surface area contributed by atoms with Crippen LogP contribution >= 0.6 is 0 Å². The van der Waals surface area contributed by atoms with Gasteiger partial charge in [0.25, 0.3) is 0 Å². The van der Waals surface area contributed by atoms with Gasteiger partial charge in [0.2, 0.25) is 11.8 Å². The Morgan fingerprint density at radius 2 is 2.15 bits per heavy atom. The lowest BCUT2D eigenvalue weighted by Crippen LogP contribution is -2.57. The number of nitrogens with zero attached hydrogens (tertiary/aromatic N) is 2. The molecule has 1 saturated heterocycles. The van der Waals surface area contributed by atoms with Crippen LogP contribution in [0, 0.1) is 5.92 Å². The van der Waals surface area contributed by atoms with Gasteiger partial charge >= 0.3 is 0 Å². The highest BCUT2D eigenvalue weighted by molar-refractivity contribution is 5.88. The number of hydrogen-bond donors (Lipinski definition) is 2. The molecule has 2 heterocycles. The zero-order chi connectivity index (χ0) is 18.9. The fourth-order valence-electron chi connectivity index (χ4n) is 4.22. The second-order valence-corrected chi connectivity index (χ2v) is 7.82. The Balaban J connectivity index is 1.42. The van der Waals surface area contributed by atoms with Gasteiger partial charge in [-0.15, -0.1) is 0 Å². The van der Waals surface area contributed by atoms with Crippen LogP contribution in [0.1, 0.15) is 50.5 Å². The van der Waals surface area contributed by atoms with Crippen molar-refractivity contribution in [3.05, 3.63) is 30.1 Å². The quantitative estimate of drug-likeness (QED) is 0.684. The summed E-state index contributed by atoms with van der Waals surface area (Å²) in [7, 11) is 0. The van der Waals surface area contributed by atoms with Crippen LogP contribution in [0.3, 0.4) is 0 Å². The predicted octanol–water partition coefficient (Wildman–Crippen LogP) is 1.90. The van der Waals surface area contributed by atoms with Gasteiger partial charge in [0.1, 0.15) is 0 Å². The third kappa shape index (κ3) is 6.31. The SMILES string of the molecule is O=C(CC1C(=O)NCCN1CC1CCCCC1)NCCCc1cccnc1. The number of nitrogens with one attached hydrogen (secondary N) is 2. The van der Waals surface area contributed by atoms with Crippen molar-refractivity contribution in [1.29, 1.82) is 0 Å². The number of carbonyl (C=O) groups is 2. The van der Waals surface area contributed by atoms with Crippen molar-refractivity contribution in [1.82, 2.24) is 20.5 Å². The largest absolute Gasteiger partial charge is 0.356 e. The molecule has 2 fully saturated rings. The molecule has 27 heavy (non-hydrogen) atoms. The van der Waals surface area contributed by atoms with Crippen LogP contribution in [-0.4, -0.2) is 53.9 Å². The zero-order valence-corrected chi connectivity index (χ0v) is 16.2. The predicted molar refractivity (Wildman–Crippen MR) is 105 cm³/mol. The van der Waals surface area contributed by atoms with Crippen LogP contribution < -0.4 is 10.6 Å². The van der Waals surface area contributed by atoms with Gasteiger partial charge in [-0.3, -0.25) is 19.5 Å². The molecule has 2 amide bonds. The maximum absolute atomic E-state index is 12.4. The van der Waals surface area contributed by atoms with Gasteiger partial charge in [-0.25, -0.2) is 0 Å². The van der Waals surface area contributed by atoms with Gasteiger partial charge in [0, 0.05) is 38.6 Å². The summed E-state index contributed by atoms with van der Waals surface area (Å²) < 4.78 is 0. The molecule has 6 nitrogen and oxygen atoms in total. The number of aryl methyl sites for hydroxylation is 1. The average Bonchev–Trinajstić information content (AvgIpc) is 2.70. The molecular weight excluding hydrogens is 340 g/mol. The maximum Gasteiger partial charge on any atom is 0.237 e. The van der Waals surface area contributed by atoms with E-state index in [1.54, 1.807) is 6.20 Å². The molecule has 1 atom stereocenters. The summed E-state index contributed by atoms with van der Waals surface area (Å²) in [5.41, 5.74) is 1.18. The Bertz CT molecular complexity index is 601. The van der Waals surface area contributed by atoms with Gasteiger partial charge in [-0.2, -0.15) is 0 Å². The second-order valence-electron chi connectivity index (χ2n) is 7.82. The summed E-state index contributed by atoms with van der Waals surface area (Å²) in [6, 6.07) is 3.65. The van der Waals surface area contributed by atoms with Crippen molar-refractivity contribution < 1.29 is 9.59 Å². The van der Waals surface area contributed by atoms with Crippen LogP contribution in [0.4, 0.5) is 0 Å². The van der Waals surface area contributed by atoms with E-state index in [1.807, 2.05) is 18.3 Å². The lowest BCUT2D eigenvalue weighted by atomic mass is 9.88. The summed E-state index contributed by atoms with van der Waals surface area (Å²) in [6.45, 7) is 3.12. The first-order chi connectivity index (χ1) is 13.2. The molecule has 2 N–H and O–H groups in total. The molecule has 3 rings (SSSR count). The van der Waals surface area contributed by atoms with E-state index >= 15 is 0 Å². The van der Waals surface area contributed by atoms with Gasteiger partial charge in [0.15, 0.2) is 0 Å². The highest BCUT2D eigenvalue weighted by atomic mass is 16.2. The smallest absolute Gasteiger partial charge is 0.237 e. The molecule has 1 unspecified atom stereocenters. The normalized spacial score (nSPS) is 21.6. The first-order valence-corrected chi connectivity index (χ1v) is 10.4. The number of piperazine rings is 1. The highest BCUT2D eigenvalue weighted by Crippen LogP contribution is 2.25. The number of pyridine rings is 1. The number of rotatable bonds is 8. The Hall–Kier alpha value is -1.95. The molecule has 0 bridgehead atoms. The van der Waals surface area contributed by atoms with E-state index in [0.29, 0.717) is 19.0 Å². The third-order valence-corrected chi connectivity index (χ3v) is 5.73. The van der Waals surface area contributed by atoms with E-state index in [1.165, 1.54) is 37.7 Å². The van der Waals surface area contributed by atoms with E-state index in [0.717, 1.165) is 25.9 Å². The first-order valence-electron chi connectivity index (χ1n) is 10.4. The lowest BCUT2D eigenvalue weighted by Gasteiger charge is -2.37. The molecule has 1 aliphatic carbocycles. The Labute approximate surface area is 162 Å². The molecule has 148 valence electrons. The minimum Gasteiger partial charge on any atom is -0.356 e. The minimum atomic E-state index is -0.320. The molecule has 2 aliphatic rings. The molecule has 1 aromatic rings. The van der Waals surface area contributed by atoms with Crippen molar-refractivity contribution in [3.8, 4) is 0 Å². The summed E-state index contributed by atoms with van der Waals surface area (Å²) in [5, 5.41) is 5.90. The maximum atomic E-state index is 12.4. The molecular formula is C21H32N4O2. The molecule has 1 aromatic heterocycles. The Morgan fingerprint density at radius 1 is 1.30 bits per heavy atom. The average molecular weight is 373 g/mol. The number of carbonyl (C=O) groups excluding carboxylic acids is 2. The summed E-state index contributed by atoms with van der Waals surface area (Å²) >= 11 is 0. The molecule has 1 saturated carbocycles. The Morgan fingerprint density at radius 3 is 2.93 bits per heavy atom. The molecule has 1 aliphatic heterocycles. The fourth-order valence-corrected chi connectivity index (χ4v) is 4.22.